The Hall–Kier alpha value is -0.870. The normalized spacial score (nSPS) is 7.43. The lowest BCUT2D eigenvalue weighted by atomic mass is 10.4. The maximum Gasteiger partial charge on any atom is 0.327 e. The molecule has 0 unspecified atom stereocenters. The molecule has 0 aliphatic carbocycles. The first-order valence-corrected chi connectivity index (χ1v) is 4.43. The molecule has 4 heteroatoms. The monoisotopic (exact) mass is 206 g/mol. The van der Waals surface area contributed by atoms with Gasteiger partial charge in [0.05, 0.1) is 0 Å². The van der Waals surface area contributed by atoms with E-state index >= 15 is 0 Å². The van der Waals surface area contributed by atoms with Crippen LogP contribution in [0.2, 0.25) is 0 Å². The van der Waals surface area contributed by atoms with Gasteiger partial charge < -0.3 is 14.6 Å². The van der Waals surface area contributed by atoms with Crippen LogP contribution in [0.5, 0.6) is 0 Å². The predicted octanol–water partition coefficient (Wildman–Crippen LogP) is 2.30. The Morgan fingerprint density at radius 3 is 1.57 bits per heavy atom. The molecule has 0 bridgehead atoms. The number of ether oxygens (including phenoxy) is 2. The van der Waals surface area contributed by atoms with Gasteiger partial charge in [-0.25, -0.2) is 4.79 Å². The van der Waals surface area contributed by atoms with E-state index in [1.54, 1.807) is 14.2 Å². The van der Waals surface area contributed by atoms with Crippen LogP contribution in [0.4, 0.5) is 0 Å². The highest BCUT2D eigenvalue weighted by molar-refractivity contribution is 5.78. The van der Waals surface area contributed by atoms with Gasteiger partial charge in [0.2, 0.25) is 0 Å². The molecule has 0 aromatic heterocycles. The maximum atomic E-state index is 9.25. The molecule has 0 saturated heterocycles. The molecule has 0 heterocycles. The Kier molecular flexibility index (Phi) is 30.6. The number of hydrogen-bond acceptors (Lipinski definition) is 3. The maximum absolute atomic E-state index is 9.25. The Balaban J connectivity index is -0.000000131. The van der Waals surface area contributed by atoms with E-state index in [4.69, 9.17) is 5.11 Å². The summed E-state index contributed by atoms with van der Waals surface area (Å²) in [6, 6.07) is 0. The molecule has 0 radical (unpaired) electrons. The second-order valence-corrected chi connectivity index (χ2v) is 2.24. The molecule has 4 nitrogen and oxygen atoms in total. The molecular formula is C10H22O4. The van der Waals surface area contributed by atoms with E-state index in [9.17, 15) is 4.79 Å². The van der Waals surface area contributed by atoms with Crippen LogP contribution in [0.3, 0.4) is 0 Å². The van der Waals surface area contributed by atoms with Crippen LogP contribution in [-0.4, -0.2) is 32.1 Å². The number of aliphatic carboxylic acids is 1. The van der Waals surface area contributed by atoms with Gasteiger partial charge in [-0.15, -0.1) is 0 Å². The van der Waals surface area contributed by atoms with E-state index in [1.165, 1.54) is 12.8 Å². The fourth-order valence-electron chi connectivity index (χ4n) is 0.118. The fourth-order valence-corrected chi connectivity index (χ4v) is 0.118. The molecule has 0 rings (SSSR count). The number of methoxy groups -OCH3 is 2. The van der Waals surface area contributed by atoms with Crippen molar-refractivity contribution in [1.82, 2.24) is 0 Å². The topological polar surface area (TPSA) is 55.8 Å². The standard InChI is InChI=1S/C4H10.C3H8O2.C3H4O2/c1-3-4-2;1-4-3-5-2;1-2-3(4)5/h3-4H2,1-2H3;3H2,1-2H3;2H,1H2,(H,4,5). The number of carboxylic acid groups (broad SMARTS) is 1. The summed E-state index contributed by atoms with van der Waals surface area (Å²) in [5.41, 5.74) is 0. The van der Waals surface area contributed by atoms with Gasteiger partial charge in [-0.3, -0.25) is 0 Å². The van der Waals surface area contributed by atoms with Crippen molar-refractivity contribution >= 4 is 5.97 Å². The second-order valence-electron chi connectivity index (χ2n) is 2.24. The van der Waals surface area contributed by atoms with Gasteiger partial charge in [0.15, 0.2) is 0 Å². The van der Waals surface area contributed by atoms with E-state index in [1.807, 2.05) is 0 Å². The minimum atomic E-state index is -0.981. The van der Waals surface area contributed by atoms with Crippen LogP contribution < -0.4 is 0 Å². The highest BCUT2D eigenvalue weighted by Crippen LogP contribution is 1.76. The van der Waals surface area contributed by atoms with E-state index < -0.39 is 5.97 Å². The van der Waals surface area contributed by atoms with Gasteiger partial charge in [0.1, 0.15) is 6.79 Å². The summed E-state index contributed by atoms with van der Waals surface area (Å²) in [6.07, 6.45) is 3.47. The zero-order valence-corrected chi connectivity index (χ0v) is 9.58. The highest BCUT2D eigenvalue weighted by atomic mass is 16.6. The summed E-state index contributed by atoms with van der Waals surface area (Å²) in [5.74, 6) is -0.981. The Bertz CT molecular complexity index is 109. The average molecular weight is 206 g/mol. The first-order valence-electron chi connectivity index (χ1n) is 4.43. The number of carbonyl (C=O) groups is 1. The molecule has 0 saturated carbocycles. The SMILES string of the molecule is C=CC(=O)O.CCCC.COCOC. The zero-order valence-electron chi connectivity index (χ0n) is 9.58. The molecule has 0 atom stereocenters. The van der Waals surface area contributed by atoms with Crippen LogP contribution in [0.1, 0.15) is 26.7 Å². The summed E-state index contributed by atoms with van der Waals surface area (Å²) in [5, 5.41) is 7.60. The molecule has 0 fully saturated rings. The van der Waals surface area contributed by atoms with Gasteiger partial charge in [-0.2, -0.15) is 0 Å². The minimum Gasteiger partial charge on any atom is -0.478 e. The number of carboxylic acids is 1. The molecule has 1 N–H and O–H groups in total. The molecule has 0 aliphatic rings. The van der Waals surface area contributed by atoms with Gasteiger partial charge in [0, 0.05) is 20.3 Å². The minimum absolute atomic E-state index is 0.389. The fraction of sp³-hybridized carbons (Fsp3) is 0.700. The van der Waals surface area contributed by atoms with E-state index in [-0.39, 0.29) is 0 Å². The third-order valence-electron chi connectivity index (χ3n) is 0.910. The van der Waals surface area contributed by atoms with Crippen molar-refractivity contribution in [2.45, 2.75) is 26.7 Å². The Morgan fingerprint density at radius 2 is 1.57 bits per heavy atom. The van der Waals surface area contributed by atoms with Crippen LogP contribution in [-0.2, 0) is 14.3 Å². The summed E-state index contributed by atoms with van der Waals surface area (Å²) in [4.78, 5) is 9.25. The van der Waals surface area contributed by atoms with Crippen molar-refractivity contribution in [3.63, 3.8) is 0 Å². The van der Waals surface area contributed by atoms with Gasteiger partial charge in [0.25, 0.3) is 0 Å². The zero-order chi connectivity index (χ0) is 11.8. The lowest BCUT2D eigenvalue weighted by Crippen LogP contribution is -1.87. The molecule has 14 heavy (non-hydrogen) atoms. The molecule has 0 aromatic carbocycles. The first kappa shape index (κ1) is 18.8. The van der Waals surface area contributed by atoms with Crippen molar-refractivity contribution in [3.05, 3.63) is 12.7 Å². The van der Waals surface area contributed by atoms with Crippen LogP contribution in [0.15, 0.2) is 12.7 Å². The predicted molar refractivity (Wildman–Crippen MR) is 57.3 cm³/mol. The van der Waals surface area contributed by atoms with Crippen LogP contribution in [0, 0.1) is 0 Å². The van der Waals surface area contributed by atoms with E-state index in [0.29, 0.717) is 6.79 Å². The summed E-state index contributed by atoms with van der Waals surface area (Å²) >= 11 is 0. The number of rotatable bonds is 4. The van der Waals surface area contributed by atoms with Gasteiger partial charge >= 0.3 is 5.97 Å². The van der Waals surface area contributed by atoms with Crippen LogP contribution >= 0.6 is 0 Å². The van der Waals surface area contributed by atoms with Crippen molar-refractivity contribution in [1.29, 1.82) is 0 Å². The van der Waals surface area contributed by atoms with E-state index in [0.717, 1.165) is 6.08 Å². The largest absolute Gasteiger partial charge is 0.478 e. The molecule has 0 aromatic rings. The second kappa shape index (κ2) is 22.7. The van der Waals surface area contributed by atoms with Crippen molar-refractivity contribution in [2.24, 2.45) is 0 Å². The Morgan fingerprint density at radius 1 is 1.29 bits per heavy atom. The molecule has 0 spiro atoms. The van der Waals surface area contributed by atoms with Crippen molar-refractivity contribution in [3.8, 4) is 0 Å². The smallest absolute Gasteiger partial charge is 0.327 e. The molecule has 86 valence electrons. The van der Waals surface area contributed by atoms with Crippen LogP contribution in [0.25, 0.3) is 0 Å². The first-order chi connectivity index (χ1) is 6.60. The van der Waals surface area contributed by atoms with Crippen molar-refractivity contribution in [2.75, 3.05) is 21.0 Å². The highest BCUT2D eigenvalue weighted by Gasteiger charge is 1.73. The van der Waals surface area contributed by atoms with Gasteiger partial charge in [-0.1, -0.05) is 33.3 Å². The summed E-state index contributed by atoms with van der Waals surface area (Å²) in [7, 11) is 3.17. The molecule has 0 amide bonds. The average Bonchev–Trinajstić information content (AvgIpc) is 2.20. The summed E-state index contributed by atoms with van der Waals surface area (Å²) in [6.45, 7) is 7.71. The lowest BCUT2D eigenvalue weighted by molar-refractivity contribution is -0.131. The quantitative estimate of drug-likeness (QED) is 0.566. The Labute approximate surface area is 86.5 Å². The van der Waals surface area contributed by atoms with E-state index in [2.05, 4.69) is 29.9 Å². The third-order valence-corrected chi connectivity index (χ3v) is 0.910. The van der Waals surface area contributed by atoms with Gasteiger partial charge in [-0.05, 0) is 0 Å². The third kappa shape index (κ3) is 67.0. The lowest BCUT2D eigenvalue weighted by Gasteiger charge is -1.87. The summed E-state index contributed by atoms with van der Waals surface area (Å²) < 4.78 is 8.94. The molecular weight excluding hydrogens is 184 g/mol. The molecule has 0 aliphatic heterocycles. The number of unbranched alkanes of at least 4 members (excludes halogenated alkanes) is 1. The van der Waals surface area contributed by atoms with Crippen molar-refractivity contribution < 1.29 is 19.4 Å². The number of hydrogen-bond donors (Lipinski definition) is 1.